The van der Waals surface area contributed by atoms with E-state index in [1.807, 2.05) is 27.7 Å². The summed E-state index contributed by atoms with van der Waals surface area (Å²) in [4.78, 5) is 3.91. The normalized spacial score (nSPS) is 14.4. The van der Waals surface area contributed by atoms with Crippen LogP contribution in [0, 0.1) is 0 Å². The minimum Gasteiger partial charge on any atom is -0.492 e. The van der Waals surface area contributed by atoms with Crippen LogP contribution in [0.2, 0.25) is 0 Å². The molecule has 0 saturated carbocycles. The maximum absolute atomic E-state index is 9.54. The quantitative estimate of drug-likeness (QED) is 0.414. The lowest BCUT2D eigenvalue weighted by molar-refractivity contribution is 0.400. The minimum absolute atomic E-state index is 0.0877. The molecule has 0 spiro atoms. The van der Waals surface area contributed by atoms with Gasteiger partial charge in [0.15, 0.2) is 0 Å². The Bertz CT molecular complexity index is 294. The van der Waals surface area contributed by atoms with Crippen LogP contribution >= 0.6 is 0 Å². The summed E-state index contributed by atoms with van der Waals surface area (Å²) in [6.45, 7) is 9.57. The fourth-order valence-electron chi connectivity index (χ4n) is 0.935. The second-order valence-corrected chi connectivity index (χ2v) is 3.56. The van der Waals surface area contributed by atoms with E-state index in [4.69, 9.17) is 5.73 Å². The van der Waals surface area contributed by atoms with Crippen LogP contribution in [-0.4, -0.2) is 10.8 Å². The summed E-state index contributed by atoms with van der Waals surface area (Å²) >= 11 is 0. The van der Waals surface area contributed by atoms with Gasteiger partial charge in [-0.3, -0.25) is 0 Å². The van der Waals surface area contributed by atoms with Crippen molar-refractivity contribution in [2.24, 2.45) is 10.7 Å². The molecule has 0 bridgehead atoms. The molecule has 14 heavy (non-hydrogen) atoms. The molecule has 0 aromatic carbocycles. The van der Waals surface area contributed by atoms with E-state index in [9.17, 15) is 5.11 Å². The molecule has 0 aromatic rings. The summed E-state index contributed by atoms with van der Waals surface area (Å²) in [5.41, 5.74) is 8.98. The highest BCUT2D eigenvalue weighted by Gasteiger charge is 2.04. The molecule has 0 aromatic heterocycles. The SMILES string of the molecule is CC/C(C)=C(C)/C(N)=C(/O)N=C(C)C. The third kappa shape index (κ3) is 3.64. The molecular weight excluding hydrogens is 176 g/mol. The zero-order chi connectivity index (χ0) is 11.3. The molecule has 0 amide bonds. The summed E-state index contributed by atoms with van der Waals surface area (Å²) in [5.74, 6) is -0.0877. The van der Waals surface area contributed by atoms with E-state index >= 15 is 0 Å². The molecule has 3 nitrogen and oxygen atoms in total. The number of aliphatic hydroxyl groups is 1. The van der Waals surface area contributed by atoms with Gasteiger partial charge in [0.05, 0.1) is 5.70 Å². The zero-order valence-electron chi connectivity index (χ0n) is 9.68. The molecule has 3 heteroatoms. The van der Waals surface area contributed by atoms with Crippen molar-refractivity contribution in [3.05, 3.63) is 22.7 Å². The van der Waals surface area contributed by atoms with Crippen molar-refractivity contribution in [2.75, 3.05) is 0 Å². The topological polar surface area (TPSA) is 58.6 Å². The van der Waals surface area contributed by atoms with Gasteiger partial charge in [0.25, 0.3) is 0 Å². The fourth-order valence-corrected chi connectivity index (χ4v) is 0.935. The summed E-state index contributed by atoms with van der Waals surface area (Å²) in [5, 5.41) is 9.54. The number of hydrogen-bond donors (Lipinski definition) is 2. The van der Waals surface area contributed by atoms with Crippen molar-refractivity contribution in [3.63, 3.8) is 0 Å². The van der Waals surface area contributed by atoms with Gasteiger partial charge in [0.2, 0.25) is 5.88 Å². The molecule has 0 aliphatic heterocycles. The molecule has 0 aliphatic carbocycles. The van der Waals surface area contributed by atoms with Crippen molar-refractivity contribution >= 4 is 5.71 Å². The van der Waals surface area contributed by atoms with Crippen LogP contribution in [0.15, 0.2) is 27.7 Å². The maximum atomic E-state index is 9.54. The lowest BCUT2D eigenvalue weighted by Crippen LogP contribution is -2.05. The molecule has 0 heterocycles. The molecule has 0 aliphatic rings. The minimum atomic E-state index is -0.0877. The molecule has 0 saturated heterocycles. The van der Waals surface area contributed by atoms with E-state index in [1.54, 1.807) is 0 Å². The first-order valence-corrected chi connectivity index (χ1v) is 4.77. The summed E-state index contributed by atoms with van der Waals surface area (Å²) in [6, 6.07) is 0. The summed E-state index contributed by atoms with van der Waals surface area (Å²) < 4.78 is 0. The van der Waals surface area contributed by atoms with Crippen LogP contribution < -0.4 is 5.73 Å². The average Bonchev–Trinajstić information content (AvgIpc) is 2.13. The smallest absolute Gasteiger partial charge is 0.234 e. The first-order valence-electron chi connectivity index (χ1n) is 4.77. The van der Waals surface area contributed by atoms with Crippen LogP contribution in [0.25, 0.3) is 0 Å². The zero-order valence-corrected chi connectivity index (χ0v) is 9.68. The van der Waals surface area contributed by atoms with Crippen molar-refractivity contribution in [2.45, 2.75) is 41.0 Å². The number of nitrogens with two attached hydrogens (primary N) is 1. The second-order valence-electron chi connectivity index (χ2n) is 3.56. The Kier molecular flexibility index (Phi) is 4.99. The Labute approximate surface area is 86.0 Å². The lowest BCUT2D eigenvalue weighted by atomic mass is 10.1. The molecule has 0 unspecified atom stereocenters. The number of allylic oxidation sites excluding steroid dienone is 2. The molecule has 80 valence electrons. The Morgan fingerprint density at radius 2 is 1.71 bits per heavy atom. The van der Waals surface area contributed by atoms with Crippen molar-refractivity contribution in [3.8, 4) is 0 Å². The van der Waals surface area contributed by atoms with Gasteiger partial charge in [0, 0.05) is 5.71 Å². The monoisotopic (exact) mass is 196 g/mol. The Balaban J connectivity index is 5.11. The number of hydrogen-bond acceptors (Lipinski definition) is 3. The van der Waals surface area contributed by atoms with E-state index in [0.717, 1.165) is 23.3 Å². The van der Waals surface area contributed by atoms with Gasteiger partial charge in [0.1, 0.15) is 0 Å². The predicted molar refractivity (Wildman–Crippen MR) is 61.3 cm³/mol. The van der Waals surface area contributed by atoms with Crippen LogP contribution in [0.4, 0.5) is 0 Å². The molecule has 0 radical (unpaired) electrons. The van der Waals surface area contributed by atoms with E-state index in [2.05, 4.69) is 11.9 Å². The third-order valence-corrected chi connectivity index (χ3v) is 2.14. The first-order chi connectivity index (χ1) is 6.40. The lowest BCUT2D eigenvalue weighted by Gasteiger charge is -2.07. The average molecular weight is 196 g/mol. The molecular formula is C11H20N2O. The standard InChI is InChI=1S/C11H20N2O/c1-6-8(4)9(5)10(12)11(14)13-7(2)3/h14H,6,12H2,1-5H3/b9-8+,11-10-. The number of aliphatic hydroxyl groups excluding tert-OH is 1. The van der Waals surface area contributed by atoms with Crippen LogP contribution in [-0.2, 0) is 0 Å². The van der Waals surface area contributed by atoms with Crippen molar-refractivity contribution < 1.29 is 5.11 Å². The Morgan fingerprint density at radius 1 is 1.21 bits per heavy atom. The Morgan fingerprint density at radius 3 is 2.07 bits per heavy atom. The van der Waals surface area contributed by atoms with Gasteiger partial charge >= 0.3 is 0 Å². The highest BCUT2D eigenvalue weighted by molar-refractivity contribution is 5.80. The molecule has 3 N–H and O–H groups in total. The van der Waals surface area contributed by atoms with Gasteiger partial charge in [-0.05, 0) is 39.7 Å². The molecule has 0 fully saturated rings. The molecule has 0 atom stereocenters. The van der Waals surface area contributed by atoms with Crippen LogP contribution in [0.3, 0.4) is 0 Å². The van der Waals surface area contributed by atoms with Crippen molar-refractivity contribution in [1.82, 2.24) is 0 Å². The first kappa shape index (κ1) is 12.8. The molecule has 0 rings (SSSR count). The van der Waals surface area contributed by atoms with E-state index in [1.165, 1.54) is 0 Å². The number of nitrogens with zero attached hydrogens (tertiary/aromatic N) is 1. The highest BCUT2D eigenvalue weighted by Crippen LogP contribution is 2.15. The number of rotatable bonds is 3. The number of aliphatic imine (C=N–C) groups is 1. The van der Waals surface area contributed by atoms with E-state index < -0.39 is 0 Å². The summed E-state index contributed by atoms with van der Waals surface area (Å²) in [6.07, 6.45) is 0.925. The fraction of sp³-hybridized carbons (Fsp3) is 0.545. The van der Waals surface area contributed by atoms with Gasteiger partial charge in [-0.2, -0.15) is 0 Å². The van der Waals surface area contributed by atoms with Crippen LogP contribution in [0.1, 0.15) is 41.0 Å². The van der Waals surface area contributed by atoms with Gasteiger partial charge < -0.3 is 10.8 Å². The second kappa shape index (κ2) is 5.47. The summed E-state index contributed by atoms with van der Waals surface area (Å²) in [7, 11) is 0. The largest absolute Gasteiger partial charge is 0.492 e. The third-order valence-electron chi connectivity index (χ3n) is 2.14. The highest BCUT2D eigenvalue weighted by atomic mass is 16.3. The van der Waals surface area contributed by atoms with Gasteiger partial charge in [-0.15, -0.1) is 0 Å². The van der Waals surface area contributed by atoms with Crippen molar-refractivity contribution in [1.29, 1.82) is 0 Å². The van der Waals surface area contributed by atoms with Crippen LogP contribution in [0.5, 0.6) is 0 Å². The Hall–Kier alpha value is -1.25. The predicted octanol–water partition coefficient (Wildman–Crippen LogP) is 2.90. The van der Waals surface area contributed by atoms with E-state index in [0.29, 0.717) is 5.70 Å². The maximum Gasteiger partial charge on any atom is 0.234 e. The van der Waals surface area contributed by atoms with Gasteiger partial charge in [-0.25, -0.2) is 4.99 Å². The van der Waals surface area contributed by atoms with Gasteiger partial charge in [-0.1, -0.05) is 12.5 Å². The van der Waals surface area contributed by atoms with E-state index in [-0.39, 0.29) is 5.88 Å².